The number of para-hydroxylation sites is 1. The molecule has 3 heterocycles. The van der Waals surface area contributed by atoms with Crippen LogP contribution in [0.2, 0.25) is 0 Å². The smallest absolute Gasteiger partial charge is 0.226 e. The summed E-state index contributed by atoms with van der Waals surface area (Å²) in [5.74, 6) is 4.05. The fraction of sp³-hybridized carbons (Fsp3) is 0.444. The van der Waals surface area contributed by atoms with E-state index in [2.05, 4.69) is 10.2 Å². The van der Waals surface area contributed by atoms with Crippen molar-refractivity contribution in [2.45, 2.75) is 44.2 Å². The van der Waals surface area contributed by atoms with Gasteiger partial charge >= 0.3 is 0 Å². The van der Waals surface area contributed by atoms with Crippen LogP contribution in [-0.4, -0.2) is 64.9 Å². The number of aromatic nitrogens is 4. The van der Waals surface area contributed by atoms with Crippen LogP contribution < -0.4 is 19.5 Å². The third kappa shape index (κ3) is 4.17. The lowest BCUT2D eigenvalue weighted by atomic mass is 9.97. The lowest BCUT2D eigenvalue weighted by Gasteiger charge is -2.31. The van der Waals surface area contributed by atoms with Crippen molar-refractivity contribution in [3.8, 4) is 17.2 Å². The number of hydrogen-bond acceptors (Lipinski definition) is 8. The van der Waals surface area contributed by atoms with Crippen molar-refractivity contribution in [3.63, 3.8) is 0 Å². The van der Waals surface area contributed by atoms with Crippen LogP contribution in [0, 0.1) is 0 Å². The van der Waals surface area contributed by atoms with Crippen molar-refractivity contribution < 1.29 is 14.2 Å². The number of fused-ring (bicyclic) bond motifs is 3. The molecule has 188 valence electrons. The van der Waals surface area contributed by atoms with Gasteiger partial charge in [-0.05, 0) is 56.5 Å². The first-order chi connectivity index (χ1) is 17.7. The molecule has 4 aromatic rings. The highest BCUT2D eigenvalue weighted by Crippen LogP contribution is 2.35. The van der Waals surface area contributed by atoms with Gasteiger partial charge in [-0.2, -0.15) is 4.52 Å². The van der Waals surface area contributed by atoms with Gasteiger partial charge in [-0.15, -0.1) is 5.10 Å². The SMILES string of the molecule is COc1ccc(CNc2nc3c(OC)cccc3c3nc([C@@H]4CCCN(C5CC5)C4)nn23)c(OC)c1. The molecule has 0 spiro atoms. The Kier molecular flexibility index (Phi) is 6.00. The van der Waals surface area contributed by atoms with Crippen LogP contribution in [0.4, 0.5) is 5.95 Å². The molecule has 1 atom stereocenters. The first kappa shape index (κ1) is 22.8. The second kappa shape index (κ2) is 9.46. The van der Waals surface area contributed by atoms with Crippen molar-refractivity contribution in [3.05, 3.63) is 47.8 Å². The predicted molar refractivity (Wildman–Crippen MR) is 138 cm³/mol. The number of benzene rings is 2. The van der Waals surface area contributed by atoms with Crippen molar-refractivity contribution in [1.29, 1.82) is 0 Å². The Hall–Kier alpha value is -3.59. The average molecular weight is 489 g/mol. The lowest BCUT2D eigenvalue weighted by molar-refractivity contribution is 0.195. The summed E-state index contributed by atoms with van der Waals surface area (Å²) < 4.78 is 18.4. The molecule has 2 fully saturated rings. The first-order valence-electron chi connectivity index (χ1n) is 12.6. The minimum Gasteiger partial charge on any atom is -0.497 e. The molecule has 0 amide bonds. The van der Waals surface area contributed by atoms with Crippen molar-refractivity contribution >= 4 is 22.5 Å². The molecule has 1 aliphatic carbocycles. The zero-order valence-corrected chi connectivity index (χ0v) is 21.0. The van der Waals surface area contributed by atoms with Gasteiger partial charge in [0.2, 0.25) is 5.95 Å². The normalized spacial score (nSPS) is 18.5. The van der Waals surface area contributed by atoms with E-state index in [1.54, 1.807) is 21.3 Å². The topological polar surface area (TPSA) is 86.0 Å². The highest BCUT2D eigenvalue weighted by atomic mass is 16.5. The van der Waals surface area contributed by atoms with Crippen LogP contribution >= 0.6 is 0 Å². The van der Waals surface area contributed by atoms with Crippen molar-refractivity contribution in [1.82, 2.24) is 24.5 Å². The van der Waals surface area contributed by atoms with E-state index >= 15 is 0 Å². The number of rotatable bonds is 8. The summed E-state index contributed by atoms with van der Waals surface area (Å²) >= 11 is 0. The monoisotopic (exact) mass is 488 g/mol. The molecule has 6 rings (SSSR count). The van der Waals surface area contributed by atoms with E-state index in [9.17, 15) is 0 Å². The first-order valence-corrected chi connectivity index (χ1v) is 12.6. The molecule has 1 saturated heterocycles. The Morgan fingerprint density at radius 2 is 1.83 bits per heavy atom. The number of hydrogen-bond donors (Lipinski definition) is 1. The van der Waals surface area contributed by atoms with Crippen LogP contribution in [-0.2, 0) is 6.54 Å². The van der Waals surface area contributed by atoms with Crippen LogP contribution in [0.15, 0.2) is 36.4 Å². The van der Waals surface area contributed by atoms with E-state index < -0.39 is 0 Å². The highest BCUT2D eigenvalue weighted by molar-refractivity contribution is 5.96. The highest BCUT2D eigenvalue weighted by Gasteiger charge is 2.34. The van der Waals surface area contributed by atoms with Crippen molar-refractivity contribution in [2.75, 3.05) is 39.7 Å². The fourth-order valence-electron chi connectivity index (χ4n) is 5.23. The molecule has 0 radical (unpaired) electrons. The van der Waals surface area contributed by atoms with Gasteiger partial charge in [0, 0.05) is 42.1 Å². The predicted octanol–water partition coefficient (Wildman–Crippen LogP) is 4.26. The minimum atomic E-state index is 0.328. The maximum atomic E-state index is 5.64. The Labute approximate surface area is 210 Å². The molecule has 36 heavy (non-hydrogen) atoms. The number of nitrogens with one attached hydrogen (secondary N) is 1. The number of likely N-dealkylation sites (tertiary alicyclic amines) is 1. The van der Waals surface area contributed by atoms with Gasteiger partial charge in [-0.25, -0.2) is 9.97 Å². The van der Waals surface area contributed by atoms with E-state index in [0.717, 1.165) is 58.4 Å². The number of anilines is 1. The molecular formula is C27H32N6O3. The molecule has 0 unspecified atom stereocenters. The number of nitrogens with zero attached hydrogens (tertiary/aromatic N) is 5. The molecule has 1 aliphatic heterocycles. The van der Waals surface area contributed by atoms with Crippen molar-refractivity contribution in [2.24, 2.45) is 0 Å². The van der Waals surface area contributed by atoms with Gasteiger partial charge < -0.3 is 19.5 Å². The number of piperidine rings is 1. The van der Waals surface area contributed by atoms with E-state index in [1.165, 1.54) is 25.8 Å². The molecule has 2 aromatic carbocycles. The fourth-order valence-corrected chi connectivity index (χ4v) is 5.23. The van der Waals surface area contributed by atoms with Crippen LogP contribution in [0.5, 0.6) is 17.2 Å². The zero-order chi connectivity index (χ0) is 24.6. The van der Waals surface area contributed by atoms with E-state index in [1.807, 2.05) is 40.9 Å². The molecule has 2 aromatic heterocycles. The minimum absolute atomic E-state index is 0.328. The van der Waals surface area contributed by atoms with Gasteiger partial charge in [0.1, 0.15) is 22.8 Å². The van der Waals surface area contributed by atoms with Crippen LogP contribution in [0.1, 0.15) is 43.0 Å². The summed E-state index contributed by atoms with van der Waals surface area (Å²) in [5.41, 5.74) is 2.54. The van der Waals surface area contributed by atoms with Gasteiger partial charge in [0.15, 0.2) is 11.5 Å². The standard InChI is InChI=1S/C27H32N6O3/c1-34-20-12-9-17(23(14-20)36-3)15-28-27-29-24-21(7-4-8-22(24)35-2)26-30-25(31-33(26)27)18-6-5-13-32(16-18)19-10-11-19/h4,7-9,12,14,18-19H,5-6,10-11,13,15-16H2,1-3H3,(H,28,29)/t18-/m1/s1. The van der Waals surface area contributed by atoms with E-state index in [4.69, 9.17) is 29.3 Å². The van der Waals surface area contributed by atoms with Gasteiger partial charge in [0.05, 0.1) is 21.3 Å². The summed E-state index contributed by atoms with van der Waals surface area (Å²) in [4.78, 5) is 12.6. The third-order valence-electron chi connectivity index (χ3n) is 7.31. The molecule has 1 N–H and O–H groups in total. The molecular weight excluding hydrogens is 456 g/mol. The lowest BCUT2D eigenvalue weighted by Crippen LogP contribution is -2.36. The maximum Gasteiger partial charge on any atom is 0.226 e. The zero-order valence-electron chi connectivity index (χ0n) is 21.0. The Balaban J connectivity index is 1.39. The van der Waals surface area contributed by atoms with Gasteiger partial charge in [0.25, 0.3) is 0 Å². The second-order valence-corrected chi connectivity index (χ2v) is 9.59. The number of ether oxygens (including phenoxy) is 3. The third-order valence-corrected chi connectivity index (χ3v) is 7.31. The molecule has 1 saturated carbocycles. The Morgan fingerprint density at radius 3 is 2.61 bits per heavy atom. The molecule has 9 heteroatoms. The Bertz CT molecular complexity index is 1400. The van der Waals surface area contributed by atoms with Crippen LogP contribution in [0.3, 0.4) is 0 Å². The Morgan fingerprint density at radius 1 is 0.972 bits per heavy atom. The quantitative estimate of drug-likeness (QED) is 0.394. The molecule has 2 aliphatic rings. The van der Waals surface area contributed by atoms with E-state index in [0.29, 0.717) is 24.2 Å². The van der Waals surface area contributed by atoms with Crippen LogP contribution in [0.25, 0.3) is 16.6 Å². The second-order valence-electron chi connectivity index (χ2n) is 9.59. The maximum absolute atomic E-state index is 5.64. The summed E-state index contributed by atoms with van der Waals surface area (Å²) in [7, 11) is 4.97. The summed E-state index contributed by atoms with van der Waals surface area (Å²) in [5, 5.41) is 9.40. The molecule has 9 nitrogen and oxygen atoms in total. The summed E-state index contributed by atoms with van der Waals surface area (Å²) in [6, 6.07) is 12.5. The van der Waals surface area contributed by atoms with Gasteiger partial charge in [-0.3, -0.25) is 4.90 Å². The number of methoxy groups -OCH3 is 3. The van der Waals surface area contributed by atoms with Gasteiger partial charge in [-0.1, -0.05) is 6.07 Å². The molecule has 0 bridgehead atoms. The largest absolute Gasteiger partial charge is 0.497 e. The summed E-state index contributed by atoms with van der Waals surface area (Å²) in [6.45, 7) is 2.72. The summed E-state index contributed by atoms with van der Waals surface area (Å²) in [6.07, 6.45) is 4.94. The van der Waals surface area contributed by atoms with E-state index in [-0.39, 0.29) is 0 Å². The average Bonchev–Trinajstić information content (AvgIpc) is 3.69.